The van der Waals surface area contributed by atoms with Crippen LogP contribution in [0.4, 0.5) is 30.2 Å². The van der Waals surface area contributed by atoms with Crippen LogP contribution in [0.1, 0.15) is 17.5 Å². The summed E-state index contributed by atoms with van der Waals surface area (Å²) in [5.74, 6) is -1.12. The molecule has 0 radical (unpaired) electrons. The molecule has 2 unspecified atom stereocenters. The number of amides is 2. The zero-order chi connectivity index (χ0) is 22.1. The van der Waals surface area contributed by atoms with Gasteiger partial charge in [-0.3, -0.25) is 9.59 Å². The lowest BCUT2D eigenvalue weighted by Crippen LogP contribution is -2.41. The number of nitrogens with one attached hydrogen (secondary N) is 3. The minimum absolute atomic E-state index is 0.149. The van der Waals surface area contributed by atoms with Gasteiger partial charge in [0, 0.05) is 5.69 Å². The average Bonchev–Trinajstić information content (AvgIpc) is 2.65. The summed E-state index contributed by atoms with van der Waals surface area (Å²) in [6.07, 6.45) is -4.33. The van der Waals surface area contributed by atoms with Crippen molar-refractivity contribution in [1.29, 1.82) is 0 Å². The number of carbonyl (C=O) groups excluding carboxylic acids is 2. The SMILES string of the molecule is Cc1cc2c(cc1C)NC(CC(=O)Nc1ccc(OC(F)(F)C(F)Cl)cc1)C(=O)N2. The molecule has 30 heavy (non-hydrogen) atoms. The van der Waals surface area contributed by atoms with Gasteiger partial charge in [-0.2, -0.15) is 8.78 Å². The van der Waals surface area contributed by atoms with E-state index >= 15 is 0 Å². The molecule has 2 aromatic rings. The van der Waals surface area contributed by atoms with Gasteiger partial charge < -0.3 is 20.7 Å². The summed E-state index contributed by atoms with van der Waals surface area (Å²) in [4.78, 5) is 24.6. The first-order valence-electron chi connectivity index (χ1n) is 8.98. The molecule has 160 valence electrons. The van der Waals surface area contributed by atoms with Crippen LogP contribution in [0.3, 0.4) is 0 Å². The predicted octanol–water partition coefficient (Wildman–Crippen LogP) is 4.57. The Morgan fingerprint density at radius 2 is 1.80 bits per heavy atom. The maximum Gasteiger partial charge on any atom is 0.444 e. The lowest BCUT2D eigenvalue weighted by atomic mass is 10.0. The molecule has 2 amide bonds. The molecule has 0 saturated heterocycles. The zero-order valence-electron chi connectivity index (χ0n) is 16.1. The number of hydrogen-bond donors (Lipinski definition) is 3. The summed E-state index contributed by atoms with van der Waals surface area (Å²) in [5, 5.41) is 8.39. The maximum atomic E-state index is 13.1. The van der Waals surface area contributed by atoms with E-state index in [1.165, 1.54) is 12.1 Å². The van der Waals surface area contributed by atoms with E-state index in [-0.39, 0.29) is 18.1 Å². The Morgan fingerprint density at radius 3 is 2.40 bits per heavy atom. The second-order valence-electron chi connectivity index (χ2n) is 6.91. The molecule has 3 rings (SSSR count). The highest BCUT2D eigenvalue weighted by Crippen LogP contribution is 2.31. The van der Waals surface area contributed by atoms with E-state index in [9.17, 15) is 22.8 Å². The van der Waals surface area contributed by atoms with Gasteiger partial charge in [0.05, 0.1) is 17.8 Å². The van der Waals surface area contributed by atoms with Gasteiger partial charge in [-0.1, -0.05) is 11.6 Å². The van der Waals surface area contributed by atoms with Gasteiger partial charge in [0.25, 0.3) is 5.63 Å². The van der Waals surface area contributed by atoms with E-state index in [1.54, 1.807) is 0 Å². The van der Waals surface area contributed by atoms with E-state index in [0.29, 0.717) is 11.4 Å². The fourth-order valence-electron chi connectivity index (χ4n) is 2.86. The number of alkyl halides is 4. The van der Waals surface area contributed by atoms with Crippen molar-refractivity contribution in [3.8, 4) is 5.75 Å². The Bertz CT molecular complexity index is 968. The summed E-state index contributed by atoms with van der Waals surface area (Å²) in [5.41, 5.74) is 0.750. The molecule has 0 aliphatic carbocycles. The van der Waals surface area contributed by atoms with Crippen LogP contribution in [-0.4, -0.2) is 29.6 Å². The number of benzene rings is 2. The van der Waals surface area contributed by atoms with Gasteiger partial charge in [0.2, 0.25) is 11.8 Å². The lowest BCUT2D eigenvalue weighted by molar-refractivity contribution is -0.199. The van der Waals surface area contributed by atoms with E-state index in [1.807, 2.05) is 26.0 Å². The summed E-state index contributed by atoms with van der Waals surface area (Å²) >= 11 is 4.73. The Kier molecular flexibility index (Phi) is 6.12. The van der Waals surface area contributed by atoms with E-state index in [0.717, 1.165) is 28.9 Å². The van der Waals surface area contributed by atoms with E-state index < -0.39 is 23.7 Å². The molecule has 10 heteroatoms. The second kappa shape index (κ2) is 8.43. The Labute approximate surface area is 175 Å². The number of aryl methyl sites for hydroxylation is 2. The molecular formula is C20H19ClF3N3O3. The first-order valence-corrected chi connectivity index (χ1v) is 9.42. The molecule has 1 heterocycles. The van der Waals surface area contributed by atoms with Crippen molar-refractivity contribution in [2.45, 2.75) is 38.0 Å². The monoisotopic (exact) mass is 441 g/mol. The van der Waals surface area contributed by atoms with Crippen LogP contribution in [0, 0.1) is 13.8 Å². The normalized spacial score (nSPS) is 16.7. The smallest absolute Gasteiger partial charge is 0.429 e. The van der Waals surface area contributed by atoms with Gasteiger partial charge in [-0.15, -0.1) is 0 Å². The van der Waals surface area contributed by atoms with Crippen molar-refractivity contribution in [3.63, 3.8) is 0 Å². The van der Waals surface area contributed by atoms with Gasteiger partial charge in [0.1, 0.15) is 11.8 Å². The van der Waals surface area contributed by atoms with Crippen molar-refractivity contribution in [3.05, 3.63) is 47.5 Å². The topological polar surface area (TPSA) is 79.5 Å². The number of halogens is 4. The Morgan fingerprint density at radius 1 is 1.20 bits per heavy atom. The van der Waals surface area contributed by atoms with Crippen molar-refractivity contribution in [1.82, 2.24) is 0 Å². The highest BCUT2D eigenvalue weighted by molar-refractivity contribution is 6.20. The standard InChI is InChI=1S/C20H19ClF3N3O3/c1-10-7-14-15(8-11(10)2)27-18(29)16(26-14)9-17(28)25-12-3-5-13(6-4-12)30-20(23,24)19(21)22/h3-8,16,19,26H,9H2,1-2H3,(H,25,28)(H,27,29). The number of fused-ring (bicyclic) bond motifs is 1. The minimum Gasteiger partial charge on any atom is -0.429 e. The van der Waals surface area contributed by atoms with Crippen LogP contribution < -0.4 is 20.7 Å². The molecule has 0 fully saturated rings. The molecule has 0 bridgehead atoms. The van der Waals surface area contributed by atoms with Gasteiger partial charge >= 0.3 is 6.11 Å². The highest BCUT2D eigenvalue weighted by atomic mass is 35.5. The average molecular weight is 442 g/mol. The van der Waals surface area contributed by atoms with E-state index in [2.05, 4.69) is 20.7 Å². The first-order chi connectivity index (χ1) is 14.0. The van der Waals surface area contributed by atoms with Gasteiger partial charge in [-0.25, -0.2) is 4.39 Å². The molecule has 6 nitrogen and oxygen atoms in total. The van der Waals surface area contributed by atoms with Crippen LogP contribution in [0.25, 0.3) is 0 Å². The molecule has 1 aliphatic rings. The van der Waals surface area contributed by atoms with Crippen molar-refractivity contribution in [2.24, 2.45) is 0 Å². The fourth-order valence-corrected chi connectivity index (χ4v) is 2.91. The molecule has 0 saturated carbocycles. The Balaban J connectivity index is 1.60. The van der Waals surface area contributed by atoms with Crippen LogP contribution in [0.2, 0.25) is 0 Å². The number of hydrogen-bond acceptors (Lipinski definition) is 4. The molecule has 3 N–H and O–H groups in total. The molecule has 0 aromatic heterocycles. The predicted molar refractivity (Wildman–Crippen MR) is 108 cm³/mol. The molecule has 2 aromatic carbocycles. The lowest BCUT2D eigenvalue weighted by Gasteiger charge is -2.27. The summed E-state index contributed by atoms with van der Waals surface area (Å²) in [6.45, 7) is 3.88. The van der Waals surface area contributed by atoms with Crippen LogP contribution in [-0.2, 0) is 9.59 Å². The van der Waals surface area contributed by atoms with Crippen LogP contribution in [0.5, 0.6) is 5.75 Å². The molecule has 2 atom stereocenters. The fraction of sp³-hybridized carbons (Fsp3) is 0.300. The largest absolute Gasteiger partial charge is 0.444 e. The third-order valence-electron chi connectivity index (χ3n) is 4.57. The Hall–Kier alpha value is -2.94. The van der Waals surface area contributed by atoms with Crippen LogP contribution >= 0.6 is 11.6 Å². The number of ether oxygens (including phenoxy) is 1. The second-order valence-corrected chi connectivity index (χ2v) is 7.29. The van der Waals surface area contributed by atoms with Gasteiger partial charge in [-0.05, 0) is 61.4 Å². The van der Waals surface area contributed by atoms with Crippen LogP contribution in [0.15, 0.2) is 36.4 Å². The third kappa shape index (κ3) is 4.96. The van der Waals surface area contributed by atoms with E-state index in [4.69, 9.17) is 11.6 Å². The molecular weight excluding hydrogens is 423 g/mol. The first kappa shape index (κ1) is 21.8. The maximum absolute atomic E-state index is 13.1. The highest BCUT2D eigenvalue weighted by Gasteiger charge is 2.42. The number of rotatable bonds is 6. The molecule has 1 aliphatic heterocycles. The van der Waals surface area contributed by atoms with Gasteiger partial charge in [0.15, 0.2) is 0 Å². The zero-order valence-corrected chi connectivity index (χ0v) is 16.8. The van der Waals surface area contributed by atoms with Crippen molar-refractivity contribution >= 4 is 40.5 Å². The van der Waals surface area contributed by atoms with Crippen molar-refractivity contribution < 1.29 is 27.5 Å². The quantitative estimate of drug-likeness (QED) is 0.574. The number of carbonyl (C=O) groups is 2. The molecule has 0 spiro atoms. The summed E-state index contributed by atoms with van der Waals surface area (Å²) < 4.78 is 43.1. The summed E-state index contributed by atoms with van der Waals surface area (Å²) in [6, 6.07) is 7.86. The van der Waals surface area contributed by atoms with Crippen molar-refractivity contribution in [2.75, 3.05) is 16.0 Å². The number of anilines is 3. The third-order valence-corrected chi connectivity index (χ3v) is 4.83. The summed E-state index contributed by atoms with van der Waals surface area (Å²) in [7, 11) is 0. The minimum atomic E-state index is -4.18.